The van der Waals surface area contributed by atoms with Gasteiger partial charge in [-0.1, -0.05) is 18.2 Å². The van der Waals surface area contributed by atoms with Crippen molar-refractivity contribution in [2.45, 2.75) is 0 Å². The van der Waals surface area contributed by atoms with Gasteiger partial charge in [-0.15, -0.1) is 0 Å². The number of nitro groups is 1. The zero-order chi connectivity index (χ0) is 13.8. The number of hydrogen-bond acceptors (Lipinski definition) is 5. The molecule has 0 saturated carbocycles. The standard InChI is InChI=1S/C13H9NO5/c15-11(13-12(16)6-7-19-13)5-4-9-2-1-3-10(8-9)14(17)18/h1-8,16H/b5-4+. The summed E-state index contributed by atoms with van der Waals surface area (Å²) in [6.45, 7) is 0. The number of ketones is 1. The Morgan fingerprint density at radius 1 is 1.37 bits per heavy atom. The van der Waals surface area contributed by atoms with Crippen LogP contribution in [0.1, 0.15) is 16.1 Å². The Kier molecular flexibility index (Phi) is 3.42. The van der Waals surface area contributed by atoms with E-state index < -0.39 is 10.7 Å². The van der Waals surface area contributed by atoms with Gasteiger partial charge in [0.1, 0.15) is 0 Å². The highest BCUT2D eigenvalue weighted by molar-refractivity contribution is 6.06. The van der Waals surface area contributed by atoms with Crippen molar-refractivity contribution in [2.75, 3.05) is 0 Å². The molecule has 0 unspecified atom stereocenters. The van der Waals surface area contributed by atoms with Crippen LogP contribution in [-0.4, -0.2) is 15.8 Å². The molecule has 0 aliphatic carbocycles. The highest BCUT2D eigenvalue weighted by atomic mass is 16.6. The highest BCUT2D eigenvalue weighted by Gasteiger charge is 2.11. The molecule has 0 spiro atoms. The first-order valence-electron chi connectivity index (χ1n) is 5.31. The van der Waals surface area contributed by atoms with Gasteiger partial charge in [0.15, 0.2) is 5.75 Å². The molecule has 6 nitrogen and oxygen atoms in total. The monoisotopic (exact) mass is 259 g/mol. The Bertz CT molecular complexity index is 657. The summed E-state index contributed by atoms with van der Waals surface area (Å²) in [5, 5.41) is 19.9. The van der Waals surface area contributed by atoms with Crippen LogP contribution in [0.3, 0.4) is 0 Å². The fraction of sp³-hybridized carbons (Fsp3) is 0. The normalized spacial score (nSPS) is 10.7. The van der Waals surface area contributed by atoms with Crippen molar-refractivity contribution in [1.29, 1.82) is 0 Å². The molecular weight excluding hydrogens is 250 g/mol. The number of nitrogens with zero attached hydrogens (tertiary/aromatic N) is 1. The number of carbonyl (C=O) groups excluding carboxylic acids is 1. The van der Waals surface area contributed by atoms with Gasteiger partial charge in [0.05, 0.1) is 11.2 Å². The molecule has 96 valence electrons. The van der Waals surface area contributed by atoms with Crippen LogP contribution >= 0.6 is 0 Å². The molecule has 0 fully saturated rings. The Labute approximate surface area is 107 Å². The summed E-state index contributed by atoms with van der Waals surface area (Å²) >= 11 is 0. The minimum atomic E-state index is -0.519. The Morgan fingerprint density at radius 2 is 2.16 bits per heavy atom. The van der Waals surface area contributed by atoms with Crippen LogP contribution in [0, 0.1) is 10.1 Å². The van der Waals surface area contributed by atoms with Gasteiger partial charge in [0.25, 0.3) is 5.69 Å². The SMILES string of the molecule is O=C(/C=C/c1cccc([N+](=O)[O-])c1)c1occc1O. The minimum Gasteiger partial charge on any atom is -0.504 e. The van der Waals surface area contributed by atoms with Crippen LogP contribution < -0.4 is 0 Å². The third-order valence-electron chi connectivity index (χ3n) is 2.38. The summed E-state index contributed by atoms with van der Waals surface area (Å²) in [5.41, 5.74) is 0.448. The molecule has 0 atom stereocenters. The van der Waals surface area contributed by atoms with Gasteiger partial charge in [-0.05, 0) is 11.6 Å². The van der Waals surface area contributed by atoms with Crippen molar-refractivity contribution in [3.8, 4) is 5.75 Å². The van der Waals surface area contributed by atoms with E-state index in [-0.39, 0.29) is 17.2 Å². The lowest BCUT2D eigenvalue weighted by molar-refractivity contribution is -0.384. The van der Waals surface area contributed by atoms with Gasteiger partial charge in [0.2, 0.25) is 11.5 Å². The number of furan rings is 1. The first-order chi connectivity index (χ1) is 9.08. The first-order valence-corrected chi connectivity index (χ1v) is 5.31. The summed E-state index contributed by atoms with van der Waals surface area (Å²) in [6.07, 6.45) is 3.79. The van der Waals surface area contributed by atoms with E-state index in [2.05, 4.69) is 0 Å². The van der Waals surface area contributed by atoms with Gasteiger partial charge < -0.3 is 9.52 Å². The highest BCUT2D eigenvalue weighted by Crippen LogP contribution is 2.19. The summed E-state index contributed by atoms with van der Waals surface area (Å²) in [4.78, 5) is 21.7. The lowest BCUT2D eigenvalue weighted by Gasteiger charge is -1.94. The minimum absolute atomic E-state index is 0.0598. The number of nitro benzene ring substituents is 1. The predicted octanol–water partition coefficient (Wildman–Crippen LogP) is 2.79. The van der Waals surface area contributed by atoms with E-state index >= 15 is 0 Å². The molecule has 0 saturated heterocycles. The Morgan fingerprint density at radius 3 is 2.79 bits per heavy atom. The summed E-state index contributed by atoms with van der Waals surface area (Å²) in [5.74, 6) is -0.927. The van der Waals surface area contributed by atoms with Gasteiger partial charge in [-0.2, -0.15) is 0 Å². The maximum Gasteiger partial charge on any atom is 0.270 e. The second kappa shape index (κ2) is 5.18. The van der Waals surface area contributed by atoms with Crippen LogP contribution in [-0.2, 0) is 0 Å². The first kappa shape index (κ1) is 12.6. The van der Waals surface area contributed by atoms with E-state index in [0.29, 0.717) is 5.56 Å². The van der Waals surface area contributed by atoms with Gasteiger partial charge in [0, 0.05) is 18.2 Å². The molecule has 0 radical (unpaired) electrons. The van der Waals surface area contributed by atoms with Crippen LogP contribution in [0.4, 0.5) is 5.69 Å². The fourth-order valence-electron chi connectivity index (χ4n) is 1.48. The van der Waals surface area contributed by atoms with E-state index in [9.17, 15) is 20.0 Å². The van der Waals surface area contributed by atoms with E-state index in [1.165, 1.54) is 42.7 Å². The zero-order valence-corrected chi connectivity index (χ0v) is 9.65. The van der Waals surface area contributed by atoms with E-state index in [1.54, 1.807) is 6.07 Å². The Hall–Kier alpha value is -2.89. The van der Waals surface area contributed by atoms with Gasteiger partial charge in [-0.3, -0.25) is 14.9 Å². The topological polar surface area (TPSA) is 93.6 Å². The van der Waals surface area contributed by atoms with Crippen molar-refractivity contribution in [2.24, 2.45) is 0 Å². The molecule has 19 heavy (non-hydrogen) atoms. The maximum absolute atomic E-state index is 11.6. The predicted molar refractivity (Wildman–Crippen MR) is 66.8 cm³/mol. The average molecular weight is 259 g/mol. The van der Waals surface area contributed by atoms with Crippen molar-refractivity contribution in [3.05, 3.63) is 64.1 Å². The lowest BCUT2D eigenvalue weighted by atomic mass is 10.1. The molecule has 2 aromatic rings. The number of aromatic hydroxyl groups is 1. The number of hydrogen-bond donors (Lipinski definition) is 1. The van der Waals surface area contributed by atoms with Gasteiger partial charge in [-0.25, -0.2) is 0 Å². The smallest absolute Gasteiger partial charge is 0.270 e. The molecule has 6 heteroatoms. The van der Waals surface area contributed by atoms with Crippen molar-refractivity contribution < 1.29 is 19.2 Å². The second-order valence-electron chi connectivity index (χ2n) is 3.68. The number of non-ortho nitro benzene ring substituents is 1. The Balaban J connectivity index is 2.19. The van der Waals surface area contributed by atoms with Gasteiger partial charge >= 0.3 is 0 Å². The molecule has 1 N–H and O–H groups in total. The van der Waals surface area contributed by atoms with Crippen LogP contribution in [0.2, 0.25) is 0 Å². The lowest BCUT2D eigenvalue weighted by Crippen LogP contribution is -1.92. The number of rotatable bonds is 4. The third-order valence-corrected chi connectivity index (χ3v) is 2.38. The largest absolute Gasteiger partial charge is 0.504 e. The molecule has 1 heterocycles. The molecule has 0 aliphatic heterocycles. The number of benzene rings is 1. The van der Waals surface area contributed by atoms with E-state index in [4.69, 9.17) is 4.42 Å². The molecule has 1 aromatic carbocycles. The van der Waals surface area contributed by atoms with Crippen LogP contribution in [0.25, 0.3) is 6.08 Å². The summed E-state index contributed by atoms with van der Waals surface area (Å²) in [6, 6.07) is 7.10. The molecule has 0 bridgehead atoms. The molecular formula is C13H9NO5. The van der Waals surface area contributed by atoms with Crippen molar-refractivity contribution in [3.63, 3.8) is 0 Å². The molecule has 0 aliphatic rings. The van der Waals surface area contributed by atoms with Crippen LogP contribution in [0.15, 0.2) is 47.1 Å². The zero-order valence-electron chi connectivity index (χ0n) is 9.65. The molecule has 2 rings (SSSR count). The third kappa shape index (κ3) is 2.86. The van der Waals surface area contributed by atoms with Crippen molar-refractivity contribution >= 4 is 17.5 Å². The van der Waals surface area contributed by atoms with Crippen molar-refractivity contribution in [1.82, 2.24) is 0 Å². The van der Waals surface area contributed by atoms with Crippen LogP contribution in [0.5, 0.6) is 5.75 Å². The number of allylic oxidation sites excluding steroid dienone is 1. The molecule has 0 amide bonds. The summed E-state index contributed by atoms with van der Waals surface area (Å²) < 4.78 is 4.82. The average Bonchev–Trinajstić information content (AvgIpc) is 2.82. The second-order valence-corrected chi connectivity index (χ2v) is 3.68. The quantitative estimate of drug-likeness (QED) is 0.394. The fourth-order valence-corrected chi connectivity index (χ4v) is 1.48. The van der Waals surface area contributed by atoms with E-state index in [0.717, 1.165) is 0 Å². The summed E-state index contributed by atoms with van der Waals surface area (Å²) in [7, 11) is 0. The maximum atomic E-state index is 11.6. The number of carbonyl (C=O) groups is 1. The molecule has 1 aromatic heterocycles. The van der Waals surface area contributed by atoms with E-state index in [1.807, 2.05) is 0 Å².